The molecule has 1 fully saturated rings. The van der Waals surface area contributed by atoms with Gasteiger partial charge >= 0.3 is 0 Å². The highest BCUT2D eigenvalue weighted by Gasteiger charge is 2.25. The SMILES string of the molecule is COc1cc2c(cc1OC)CN(C(=O)c1cc(N3CCC(C)CC3)ncn1)CC2. The number of anilines is 1. The molecule has 7 heteroatoms. The maximum Gasteiger partial charge on any atom is 0.272 e. The summed E-state index contributed by atoms with van der Waals surface area (Å²) in [5.74, 6) is 2.95. The topological polar surface area (TPSA) is 67.8 Å². The van der Waals surface area contributed by atoms with Crippen LogP contribution in [0.4, 0.5) is 5.82 Å². The molecule has 0 unspecified atom stereocenters. The largest absolute Gasteiger partial charge is 0.493 e. The van der Waals surface area contributed by atoms with Crippen molar-refractivity contribution in [3.8, 4) is 11.5 Å². The molecule has 154 valence electrons. The van der Waals surface area contributed by atoms with E-state index in [4.69, 9.17) is 9.47 Å². The summed E-state index contributed by atoms with van der Waals surface area (Å²) in [6.07, 6.45) is 4.60. The third-order valence-corrected chi connectivity index (χ3v) is 5.98. The number of piperidine rings is 1. The summed E-state index contributed by atoms with van der Waals surface area (Å²) in [4.78, 5) is 25.9. The Morgan fingerprint density at radius 2 is 1.69 bits per heavy atom. The second-order valence-corrected chi connectivity index (χ2v) is 7.88. The van der Waals surface area contributed by atoms with Gasteiger partial charge in [0.25, 0.3) is 5.91 Å². The van der Waals surface area contributed by atoms with E-state index in [9.17, 15) is 4.79 Å². The molecule has 2 aliphatic heterocycles. The Labute approximate surface area is 171 Å². The van der Waals surface area contributed by atoms with Crippen molar-refractivity contribution in [3.05, 3.63) is 41.3 Å². The first-order chi connectivity index (χ1) is 14.1. The lowest BCUT2D eigenvalue weighted by Crippen LogP contribution is -2.37. The second-order valence-electron chi connectivity index (χ2n) is 7.88. The third kappa shape index (κ3) is 3.99. The average Bonchev–Trinajstić information content (AvgIpc) is 2.77. The minimum absolute atomic E-state index is 0.0561. The molecule has 1 amide bonds. The van der Waals surface area contributed by atoms with Crippen molar-refractivity contribution >= 4 is 11.7 Å². The van der Waals surface area contributed by atoms with Crippen LogP contribution in [0.1, 0.15) is 41.4 Å². The Balaban J connectivity index is 1.51. The van der Waals surface area contributed by atoms with Crippen LogP contribution in [0.25, 0.3) is 0 Å². The van der Waals surface area contributed by atoms with E-state index >= 15 is 0 Å². The molecule has 3 heterocycles. The van der Waals surface area contributed by atoms with Crippen LogP contribution in [-0.4, -0.2) is 54.6 Å². The van der Waals surface area contributed by atoms with E-state index < -0.39 is 0 Å². The molecule has 4 rings (SSSR count). The normalized spacial score (nSPS) is 17.1. The first-order valence-corrected chi connectivity index (χ1v) is 10.2. The van der Waals surface area contributed by atoms with Crippen molar-refractivity contribution in [2.45, 2.75) is 32.7 Å². The number of carbonyl (C=O) groups is 1. The predicted octanol–water partition coefficient (Wildman–Crippen LogP) is 2.93. The molecule has 1 saturated heterocycles. The van der Waals surface area contributed by atoms with Crippen LogP contribution in [0.15, 0.2) is 24.5 Å². The molecule has 1 aromatic carbocycles. The molecule has 2 aromatic rings. The summed E-state index contributed by atoms with van der Waals surface area (Å²) < 4.78 is 10.8. The maximum absolute atomic E-state index is 13.1. The van der Waals surface area contributed by atoms with Gasteiger partial charge < -0.3 is 19.3 Å². The minimum Gasteiger partial charge on any atom is -0.493 e. The number of nitrogens with zero attached hydrogens (tertiary/aromatic N) is 4. The van der Waals surface area contributed by atoms with Crippen LogP contribution >= 0.6 is 0 Å². The van der Waals surface area contributed by atoms with Gasteiger partial charge in [-0.25, -0.2) is 9.97 Å². The van der Waals surface area contributed by atoms with Crippen molar-refractivity contribution in [3.63, 3.8) is 0 Å². The zero-order valence-corrected chi connectivity index (χ0v) is 17.4. The molecule has 0 radical (unpaired) electrons. The Morgan fingerprint density at radius 1 is 1.00 bits per heavy atom. The number of amides is 1. The van der Waals surface area contributed by atoms with E-state index in [1.165, 1.54) is 11.9 Å². The predicted molar refractivity (Wildman–Crippen MR) is 111 cm³/mol. The Kier molecular flexibility index (Phi) is 5.56. The third-order valence-electron chi connectivity index (χ3n) is 5.98. The highest BCUT2D eigenvalue weighted by molar-refractivity contribution is 5.93. The monoisotopic (exact) mass is 396 g/mol. The van der Waals surface area contributed by atoms with E-state index in [1.807, 2.05) is 23.1 Å². The van der Waals surface area contributed by atoms with Gasteiger partial charge in [0, 0.05) is 32.2 Å². The van der Waals surface area contributed by atoms with Gasteiger partial charge in [0.15, 0.2) is 11.5 Å². The van der Waals surface area contributed by atoms with Gasteiger partial charge in [0.1, 0.15) is 17.8 Å². The van der Waals surface area contributed by atoms with Crippen molar-refractivity contribution in [2.24, 2.45) is 5.92 Å². The number of benzene rings is 1. The highest BCUT2D eigenvalue weighted by Crippen LogP contribution is 2.33. The number of rotatable bonds is 4. The first-order valence-electron chi connectivity index (χ1n) is 10.2. The number of ether oxygens (including phenoxy) is 2. The molecule has 2 aliphatic rings. The fourth-order valence-corrected chi connectivity index (χ4v) is 4.09. The van der Waals surface area contributed by atoms with Crippen molar-refractivity contribution in [2.75, 3.05) is 38.8 Å². The molecule has 0 saturated carbocycles. The van der Waals surface area contributed by atoms with Crippen LogP contribution in [0.3, 0.4) is 0 Å². The molecule has 0 aliphatic carbocycles. The molecule has 7 nitrogen and oxygen atoms in total. The summed E-state index contributed by atoms with van der Waals surface area (Å²) >= 11 is 0. The molecule has 29 heavy (non-hydrogen) atoms. The second kappa shape index (κ2) is 8.27. The zero-order valence-electron chi connectivity index (χ0n) is 17.4. The number of hydrogen-bond acceptors (Lipinski definition) is 6. The van der Waals surface area contributed by atoms with Crippen molar-refractivity contribution < 1.29 is 14.3 Å². The molecule has 1 aromatic heterocycles. The van der Waals surface area contributed by atoms with Gasteiger partial charge in [0.05, 0.1) is 14.2 Å². The smallest absolute Gasteiger partial charge is 0.272 e. The van der Waals surface area contributed by atoms with Crippen molar-refractivity contribution in [1.82, 2.24) is 14.9 Å². The minimum atomic E-state index is -0.0561. The zero-order chi connectivity index (χ0) is 20.4. The number of hydrogen-bond donors (Lipinski definition) is 0. The van der Waals surface area contributed by atoms with Gasteiger partial charge in [-0.3, -0.25) is 4.79 Å². The number of carbonyl (C=O) groups excluding carboxylic acids is 1. The van der Waals surface area contributed by atoms with Crippen LogP contribution in [-0.2, 0) is 13.0 Å². The van der Waals surface area contributed by atoms with E-state index in [2.05, 4.69) is 21.8 Å². The summed E-state index contributed by atoms with van der Waals surface area (Å²) in [5.41, 5.74) is 2.73. The van der Waals surface area contributed by atoms with Gasteiger partial charge in [-0.05, 0) is 48.4 Å². The van der Waals surface area contributed by atoms with Crippen LogP contribution in [0.5, 0.6) is 11.5 Å². The van der Waals surface area contributed by atoms with Crippen LogP contribution in [0, 0.1) is 5.92 Å². The van der Waals surface area contributed by atoms with Gasteiger partial charge in [-0.2, -0.15) is 0 Å². The highest BCUT2D eigenvalue weighted by atomic mass is 16.5. The van der Waals surface area contributed by atoms with Crippen LogP contribution < -0.4 is 14.4 Å². The molecule has 0 atom stereocenters. The standard InChI is InChI=1S/C22H28N4O3/c1-15-4-7-25(8-5-15)21-12-18(23-14-24-21)22(27)26-9-6-16-10-19(28-2)20(29-3)11-17(16)13-26/h10-12,14-15H,4-9,13H2,1-3H3. The Bertz CT molecular complexity index is 894. The fourth-order valence-electron chi connectivity index (χ4n) is 4.09. The molecular weight excluding hydrogens is 368 g/mol. The Hall–Kier alpha value is -2.83. The maximum atomic E-state index is 13.1. The molecule has 0 bridgehead atoms. The summed E-state index contributed by atoms with van der Waals surface area (Å²) in [5, 5.41) is 0. The van der Waals surface area contributed by atoms with E-state index in [-0.39, 0.29) is 5.91 Å². The quantitative estimate of drug-likeness (QED) is 0.792. The lowest BCUT2D eigenvalue weighted by molar-refractivity contribution is 0.0728. The Morgan fingerprint density at radius 3 is 2.38 bits per heavy atom. The van der Waals surface area contributed by atoms with Gasteiger partial charge in [-0.15, -0.1) is 0 Å². The summed E-state index contributed by atoms with van der Waals surface area (Å²) in [6, 6.07) is 5.81. The summed E-state index contributed by atoms with van der Waals surface area (Å²) in [7, 11) is 3.26. The number of fused-ring (bicyclic) bond motifs is 1. The lowest BCUT2D eigenvalue weighted by atomic mass is 9.98. The molecule has 0 N–H and O–H groups in total. The van der Waals surface area contributed by atoms with E-state index in [0.29, 0.717) is 24.5 Å². The fraction of sp³-hybridized carbons (Fsp3) is 0.500. The summed E-state index contributed by atoms with van der Waals surface area (Å²) in [6.45, 7) is 5.43. The lowest BCUT2D eigenvalue weighted by Gasteiger charge is -2.32. The number of methoxy groups -OCH3 is 2. The average molecular weight is 396 g/mol. The number of aromatic nitrogens is 2. The van der Waals surface area contributed by atoms with Crippen molar-refractivity contribution in [1.29, 1.82) is 0 Å². The molecule has 0 spiro atoms. The van der Waals surface area contributed by atoms with E-state index in [0.717, 1.165) is 55.4 Å². The van der Waals surface area contributed by atoms with E-state index in [1.54, 1.807) is 14.2 Å². The first kappa shape index (κ1) is 19.5. The van der Waals surface area contributed by atoms with Gasteiger partial charge in [-0.1, -0.05) is 6.92 Å². The molecular formula is C22H28N4O3. The van der Waals surface area contributed by atoms with Gasteiger partial charge in [0.2, 0.25) is 0 Å². The van der Waals surface area contributed by atoms with Crippen LogP contribution in [0.2, 0.25) is 0 Å².